The van der Waals surface area contributed by atoms with Crippen molar-refractivity contribution in [2.45, 2.75) is 70.1 Å². The monoisotopic (exact) mass is 794 g/mol. The van der Waals surface area contributed by atoms with E-state index in [1.807, 2.05) is 36.4 Å². The lowest BCUT2D eigenvalue weighted by Crippen LogP contribution is -2.25. The molecule has 0 radical (unpaired) electrons. The Labute approximate surface area is 327 Å². The van der Waals surface area contributed by atoms with E-state index in [4.69, 9.17) is 21.1 Å². The number of ketones is 1. The SMILES string of the molecule is COc1cc(-c2cccc(-c3cccc4c3CC[C@@H]4Cc3nc(OC)c(CN4CC[C@@H](C(=O)O)C4)nc3C(F)(F)F)c2Cl)cc(F)c1CNC[C@@H]1CCC(=O)C1. The van der Waals surface area contributed by atoms with Gasteiger partial charge in [-0.3, -0.25) is 14.5 Å². The summed E-state index contributed by atoms with van der Waals surface area (Å²) in [7, 11) is 2.82. The Morgan fingerprint density at radius 2 is 1.77 bits per heavy atom. The molecule has 2 aliphatic carbocycles. The van der Waals surface area contributed by atoms with Gasteiger partial charge in [-0.25, -0.2) is 14.4 Å². The van der Waals surface area contributed by atoms with Crippen molar-refractivity contribution in [2.75, 3.05) is 33.9 Å². The third kappa shape index (κ3) is 8.26. The van der Waals surface area contributed by atoms with E-state index in [-0.39, 0.29) is 60.9 Å². The molecule has 0 amide bonds. The van der Waals surface area contributed by atoms with Crippen LogP contribution in [0.3, 0.4) is 0 Å². The van der Waals surface area contributed by atoms with Gasteiger partial charge in [-0.1, -0.05) is 48.0 Å². The van der Waals surface area contributed by atoms with Gasteiger partial charge in [0, 0.05) is 49.2 Å². The fourth-order valence-corrected chi connectivity index (χ4v) is 8.84. The van der Waals surface area contributed by atoms with Crippen LogP contribution in [0.2, 0.25) is 5.02 Å². The average molecular weight is 795 g/mol. The van der Waals surface area contributed by atoms with Gasteiger partial charge in [-0.2, -0.15) is 13.2 Å². The van der Waals surface area contributed by atoms with Crippen LogP contribution in [0.5, 0.6) is 11.6 Å². The Balaban J connectivity index is 1.14. The number of alkyl halides is 3. The molecule has 1 saturated heterocycles. The number of carboxylic acid groups (broad SMARTS) is 1. The predicted octanol–water partition coefficient (Wildman–Crippen LogP) is 8.28. The zero-order chi connectivity index (χ0) is 39.7. The molecule has 9 nitrogen and oxygen atoms in total. The van der Waals surface area contributed by atoms with Crippen molar-refractivity contribution in [1.82, 2.24) is 20.2 Å². The van der Waals surface area contributed by atoms with Crippen LogP contribution in [-0.2, 0) is 41.7 Å². The van der Waals surface area contributed by atoms with E-state index in [0.717, 1.165) is 23.1 Å². The summed E-state index contributed by atoms with van der Waals surface area (Å²) in [4.78, 5) is 33.3. The van der Waals surface area contributed by atoms with Crippen LogP contribution >= 0.6 is 11.6 Å². The molecule has 296 valence electrons. The summed E-state index contributed by atoms with van der Waals surface area (Å²) in [5, 5.41) is 13.0. The molecule has 0 bridgehead atoms. The van der Waals surface area contributed by atoms with Crippen molar-refractivity contribution in [1.29, 1.82) is 0 Å². The van der Waals surface area contributed by atoms with E-state index in [0.29, 0.717) is 78.2 Å². The second kappa shape index (κ2) is 16.5. The Bertz CT molecular complexity index is 2150. The third-order valence-corrected chi connectivity index (χ3v) is 11.8. The number of methoxy groups -OCH3 is 2. The average Bonchev–Trinajstić information content (AvgIpc) is 3.92. The molecule has 1 saturated carbocycles. The molecule has 7 rings (SSSR count). The summed E-state index contributed by atoms with van der Waals surface area (Å²) >= 11 is 7.11. The summed E-state index contributed by atoms with van der Waals surface area (Å²) in [5.74, 6) is -1.41. The summed E-state index contributed by atoms with van der Waals surface area (Å²) in [6.45, 7) is 1.47. The van der Waals surface area contributed by atoms with E-state index in [1.165, 1.54) is 20.3 Å². The molecular weight excluding hydrogens is 752 g/mol. The molecule has 2 heterocycles. The molecule has 1 aromatic heterocycles. The summed E-state index contributed by atoms with van der Waals surface area (Å²) in [6.07, 6.45) is -1.25. The maximum absolute atomic E-state index is 15.7. The lowest BCUT2D eigenvalue weighted by molar-refractivity contribution is -0.142. The van der Waals surface area contributed by atoms with Gasteiger partial charge in [0.05, 0.1) is 30.9 Å². The van der Waals surface area contributed by atoms with E-state index in [9.17, 15) is 27.9 Å². The molecule has 4 aromatic rings. The molecule has 3 atom stereocenters. The number of nitrogens with one attached hydrogen (secondary N) is 1. The Morgan fingerprint density at radius 1 is 1.00 bits per heavy atom. The van der Waals surface area contributed by atoms with E-state index in [2.05, 4.69) is 15.3 Å². The van der Waals surface area contributed by atoms with Gasteiger partial charge in [0.1, 0.15) is 23.0 Å². The van der Waals surface area contributed by atoms with E-state index >= 15 is 4.39 Å². The number of Topliss-reactive ketones (excluding diaryl/α,β-unsaturated/α-hetero) is 1. The van der Waals surface area contributed by atoms with Crippen LogP contribution in [0.1, 0.15) is 71.8 Å². The molecule has 2 N–H and O–H groups in total. The van der Waals surface area contributed by atoms with Gasteiger partial charge in [0.15, 0.2) is 5.69 Å². The number of rotatable bonds is 13. The number of hydrogen-bond acceptors (Lipinski definition) is 8. The maximum atomic E-state index is 15.7. The first kappa shape index (κ1) is 39.6. The molecule has 0 unspecified atom stereocenters. The van der Waals surface area contributed by atoms with Gasteiger partial charge in [-0.15, -0.1) is 0 Å². The molecule has 3 aromatic carbocycles. The second-order valence-electron chi connectivity index (χ2n) is 14.9. The fraction of sp³-hybridized carbons (Fsp3) is 0.429. The van der Waals surface area contributed by atoms with Gasteiger partial charge in [0.25, 0.3) is 0 Å². The molecule has 3 aliphatic rings. The lowest BCUT2D eigenvalue weighted by Gasteiger charge is -2.21. The fourth-order valence-electron chi connectivity index (χ4n) is 8.50. The van der Waals surface area contributed by atoms with Crippen LogP contribution < -0.4 is 14.8 Å². The highest BCUT2D eigenvalue weighted by atomic mass is 35.5. The van der Waals surface area contributed by atoms with Crippen molar-refractivity contribution in [3.8, 4) is 33.9 Å². The Morgan fingerprint density at radius 3 is 2.46 bits per heavy atom. The number of halogens is 5. The summed E-state index contributed by atoms with van der Waals surface area (Å²) < 4.78 is 70.4. The number of fused-ring (bicyclic) bond motifs is 1. The number of carboxylic acids is 1. The highest BCUT2D eigenvalue weighted by Gasteiger charge is 2.40. The first-order chi connectivity index (χ1) is 26.8. The Kier molecular flexibility index (Phi) is 11.7. The minimum absolute atomic E-state index is 0.00995. The third-order valence-electron chi connectivity index (χ3n) is 11.4. The number of aliphatic carboxylic acids is 1. The number of benzene rings is 3. The zero-order valence-corrected chi connectivity index (χ0v) is 31.9. The summed E-state index contributed by atoms with van der Waals surface area (Å²) in [6, 6.07) is 14.4. The Hall–Kier alpha value is -4.59. The molecule has 0 spiro atoms. The van der Waals surface area contributed by atoms with Crippen molar-refractivity contribution in [2.24, 2.45) is 11.8 Å². The number of nitrogens with zero attached hydrogens (tertiary/aromatic N) is 3. The van der Waals surface area contributed by atoms with Crippen molar-refractivity contribution in [3.63, 3.8) is 0 Å². The second-order valence-corrected chi connectivity index (χ2v) is 15.3. The standard InChI is InChI=1S/C42H43ClF4N4O5/c1-55-37-18-26(16-34(44)33(37)20-48-19-23-9-11-27(52)15-23)29-6-4-8-32(38(29)43)30-7-3-5-28-24(10-12-31(28)30)17-35-39(42(45,46)47)49-36(40(50-35)56-2)22-51-14-13-25(21-51)41(53)54/h3-8,16,18,23-25,48H,9-15,17,19-22H2,1-2H3,(H,53,54)/t23-,24-,25-/m1/s1. The highest BCUT2D eigenvalue weighted by Crippen LogP contribution is 2.46. The van der Waals surface area contributed by atoms with Crippen molar-refractivity contribution < 1.29 is 41.7 Å². The first-order valence-corrected chi connectivity index (χ1v) is 19.2. The maximum Gasteiger partial charge on any atom is 0.435 e. The molecule has 2 fully saturated rings. The van der Waals surface area contributed by atoms with Crippen LogP contribution in [0.25, 0.3) is 22.3 Å². The topological polar surface area (TPSA) is 114 Å². The van der Waals surface area contributed by atoms with Crippen LogP contribution in [0, 0.1) is 17.7 Å². The molecule has 1 aliphatic heterocycles. The largest absolute Gasteiger partial charge is 0.496 e. The number of aromatic nitrogens is 2. The van der Waals surface area contributed by atoms with Gasteiger partial charge in [-0.05, 0) is 91.4 Å². The molecule has 14 heteroatoms. The van der Waals surface area contributed by atoms with Crippen LogP contribution in [0.4, 0.5) is 17.6 Å². The number of carbonyl (C=O) groups excluding carboxylic acids is 1. The van der Waals surface area contributed by atoms with Crippen LogP contribution in [0.15, 0.2) is 48.5 Å². The first-order valence-electron chi connectivity index (χ1n) is 18.8. The minimum atomic E-state index is -4.77. The van der Waals surface area contributed by atoms with Crippen molar-refractivity contribution in [3.05, 3.63) is 93.1 Å². The zero-order valence-electron chi connectivity index (χ0n) is 31.1. The number of ether oxygens (including phenoxy) is 2. The number of likely N-dealkylation sites (tertiary alicyclic amines) is 1. The minimum Gasteiger partial charge on any atom is -0.496 e. The number of hydrogen-bond donors (Lipinski definition) is 2. The van der Waals surface area contributed by atoms with E-state index in [1.54, 1.807) is 11.0 Å². The van der Waals surface area contributed by atoms with Gasteiger partial charge >= 0.3 is 12.1 Å². The number of carbonyl (C=O) groups is 2. The molecular formula is C42H43ClF4N4O5. The summed E-state index contributed by atoms with van der Waals surface area (Å²) in [5.41, 5.74) is 3.66. The van der Waals surface area contributed by atoms with E-state index < -0.39 is 29.6 Å². The normalized spacial score (nSPS) is 19.8. The van der Waals surface area contributed by atoms with Gasteiger partial charge < -0.3 is 19.9 Å². The smallest absolute Gasteiger partial charge is 0.435 e. The lowest BCUT2D eigenvalue weighted by atomic mass is 9.91. The van der Waals surface area contributed by atoms with Gasteiger partial charge in [0.2, 0.25) is 5.88 Å². The quantitative estimate of drug-likeness (QED) is 0.129. The van der Waals surface area contributed by atoms with Crippen LogP contribution in [-0.4, -0.2) is 65.6 Å². The predicted molar refractivity (Wildman–Crippen MR) is 202 cm³/mol. The molecule has 56 heavy (non-hydrogen) atoms. The highest BCUT2D eigenvalue weighted by molar-refractivity contribution is 6.36. The van der Waals surface area contributed by atoms with Crippen molar-refractivity contribution >= 4 is 23.4 Å².